The van der Waals surface area contributed by atoms with Gasteiger partial charge in [-0.15, -0.1) is 0 Å². The van der Waals surface area contributed by atoms with Crippen LogP contribution in [-0.4, -0.2) is 27.1 Å². The predicted molar refractivity (Wildman–Crippen MR) is 76.0 cm³/mol. The third kappa shape index (κ3) is 5.10. The molecule has 0 bridgehead atoms. The molecule has 0 aliphatic heterocycles. The SMILES string of the molecule is CC(C)(C)[SiH2]OC(C)(C)C1CCC(CO)CC1. The molecule has 1 rings (SSSR count). The second-order valence-corrected chi connectivity index (χ2v) is 10.1. The van der Waals surface area contributed by atoms with E-state index in [-0.39, 0.29) is 5.60 Å². The van der Waals surface area contributed by atoms with E-state index < -0.39 is 9.76 Å². The molecule has 3 heteroatoms. The van der Waals surface area contributed by atoms with E-state index in [0.29, 0.717) is 23.5 Å². The summed E-state index contributed by atoms with van der Waals surface area (Å²) in [7, 11) is -0.467. The van der Waals surface area contributed by atoms with Crippen molar-refractivity contribution in [3.05, 3.63) is 0 Å². The minimum Gasteiger partial charge on any atom is -0.418 e. The van der Waals surface area contributed by atoms with Crippen LogP contribution in [0, 0.1) is 11.8 Å². The second kappa shape index (κ2) is 5.85. The van der Waals surface area contributed by atoms with Gasteiger partial charge in [0, 0.05) is 6.61 Å². The molecule has 0 radical (unpaired) electrons. The summed E-state index contributed by atoms with van der Waals surface area (Å²) < 4.78 is 6.28. The third-order valence-corrected chi connectivity index (χ3v) is 5.72. The van der Waals surface area contributed by atoms with E-state index in [1.54, 1.807) is 0 Å². The highest BCUT2D eigenvalue weighted by Crippen LogP contribution is 2.38. The summed E-state index contributed by atoms with van der Waals surface area (Å²) in [6.45, 7) is 11.7. The summed E-state index contributed by atoms with van der Waals surface area (Å²) in [4.78, 5) is 0. The van der Waals surface area contributed by atoms with Crippen LogP contribution in [0.3, 0.4) is 0 Å². The van der Waals surface area contributed by atoms with Crippen molar-refractivity contribution in [1.29, 1.82) is 0 Å². The Kier molecular flexibility index (Phi) is 5.23. The molecule has 1 saturated carbocycles. The molecule has 0 aromatic heterocycles. The molecule has 1 aliphatic rings. The quantitative estimate of drug-likeness (QED) is 0.786. The zero-order valence-electron chi connectivity index (χ0n) is 12.3. The molecule has 0 atom stereocenters. The average molecular weight is 258 g/mol. The highest BCUT2D eigenvalue weighted by Gasteiger charge is 2.34. The third-order valence-electron chi connectivity index (χ3n) is 3.97. The topological polar surface area (TPSA) is 29.5 Å². The fourth-order valence-corrected chi connectivity index (χ4v) is 3.60. The molecular weight excluding hydrogens is 228 g/mol. The van der Waals surface area contributed by atoms with E-state index in [9.17, 15) is 0 Å². The molecule has 0 heterocycles. The molecular formula is C14H30O2Si. The standard InChI is InChI=1S/C14H30O2Si/c1-13(2,3)17-16-14(4,5)12-8-6-11(10-15)7-9-12/h11-12,15H,6-10,17H2,1-5H3. The van der Waals surface area contributed by atoms with E-state index in [2.05, 4.69) is 34.6 Å². The van der Waals surface area contributed by atoms with Crippen LogP contribution < -0.4 is 0 Å². The molecule has 1 N–H and O–H groups in total. The summed E-state index contributed by atoms with van der Waals surface area (Å²) >= 11 is 0. The smallest absolute Gasteiger partial charge is 0.167 e. The first-order valence-corrected chi connectivity index (χ1v) is 8.28. The molecule has 102 valence electrons. The largest absolute Gasteiger partial charge is 0.418 e. The molecule has 0 spiro atoms. The highest BCUT2D eigenvalue weighted by atomic mass is 28.2. The molecule has 0 aromatic carbocycles. The number of hydrogen-bond donors (Lipinski definition) is 1. The molecule has 0 aromatic rings. The van der Waals surface area contributed by atoms with Crippen LogP contribution in [0.4, 0.5) is 0 Å². The Labute approximate surface area is 109 Å². The van der Waals surface area contributed by atoms with Crippen molar-refractivity contribution < 1.29 is 9.53 Å². The number of aliphatic hydroxyl groups is 1. The highest BCUT2D eigenvalue weighted by molar-refractivity contribution is 6.31. The minimum absolute atomic E-state index is 0.0416. The first kappa shape index (κ1) is 15.2. The molecule has 1 aliphatic carbocycles. The van der Waals surface area contributed by atoms with Gasteiger partial charge in [-0.25, -0.2) is 0 Å². The van der Waals surface area contributed by atoms with Crippen molar-refractivity contribution in [2.45, 2.75) is 70.9 Å². The fourth-order valence-electron chi connectivity index (χ4n) is 2.56. The van der Waals surface area contributed by atoms with Crippen molar-refractivity contribution >= 4 is 9.76 Å². The van der Waals surface area contributed by atoms with Crippen molar-refractivity contribution in [2.75, 3.05) is 6.61 Å². The van der Waals surface area contributed by atoms with E-state index in [1.165, 1.54) is 25.7 Å². The van der Waals surface area contributed by atoms with Crippen molar-refractivity contribution in [3.63, 3.8) is 0 Å². The van der Waals surface area contributed by atoms with Gasteiger partial charge in [-0.05, 0) is 56.4 Å². The summed E-state index contributed by atoms with van der Waals surface area (Å²) in [5.41, 5.74) is 0.0416. The average Bonchev–Trinajstić information content (AvgIpc) is 2.26. The number of hydrogen-bond acceptors (Lipinski definition) is 2. The van der Waals surface area contributed by atoms with Crippen molar-refractivity contribution in [1.82, 2.24) is 0 Å². The van der Waals surface area contributed by atoms with Gasteiger partial charge in [0.2, 0.25) is 0 Å². The summed E-state index contributed by atoms with van der Waals surface area (Å²) in [6, 6.07) is 0. The zero-order valence-corrected chi connectivity index (χ0v) is 13.7. The van der Waals surface area contributed by atoms with Gasteiger partial charge < -0.3 is 9.53 Å². The summed E-state index contributed by atoms with van der Waals surface area (Å²) in [5, 5.41) is 9.54. The van der Waals surface area contributed by atoms with Crippen LogP contribution in [0.2, 0.25) is 5.04 Å². The van der Waals surface area contributed by atoms with Gasteiger partial charge in [0.15, 0.2) is 9.76 Å². The van der Waals surface area contributed by atoms with Gasteiger partial charge in [-0.1, -0.05) is 20.8 Å². The fraction of sp³-hybridized carbons (Fsp3) is 1.00. The van der Waals surface area contributed by atoms with Gasteiger partial charge in [-0.3, -0.25) is 0 Å². The Morgan fingerprint density at radius 1 is 1.06 bits per heavy atom. The predicted octanol–water partition coefficient (Wildman–Crippen LogP) is 2.88. The molecule has 1 fully saturated rings. The molecule has 0 amide bonds. The normalized spacial score (nSPS) is 27.9. The Balaban J connectivity index is 2.42. The first-order chi connectivity index (χ1) is 7.74. The van der Waals surface area contributed by atoms with Crippen LogP contribution >= 0.6 is 0 Å². The lowest BCUT2D eigenvalue weighted by molar-refractivity contribution is 0.0115. The minimum atomic E-state index is -0.467. The first-order valence-electron chi connectivity index (χ1n) is 6.99. The van der Waals surface area contributed by atoms with Gasteiger partial charge in [0.05, 0.1) is 5.60 Å². The van der Waals surface area contributed by atoms with Gasteiger partial charge in [-0.2, -0.15) is 0 Å². The number of aliphatic hydroxyl groups excluding tert-OH is 1. The van der Waals surface area contributed by atoms with Gasteiger partial charge in [0.1, 0.15) is 0 Å². The van der Waals surface area contributed by atoms with E-state index >= 15 is 0 Å². The van der Waals surface area contributed by atoms with E-state index in [1.807, 2.05) is 0 Å². The Bertz CT molecular complexity index is 225. The van der Waals surface area contributed by atoms with Crippen molar-refractivity contribution in [2.24, 2.45) is 11.8 Å². The molecule has 17 heavy (non-hydrogen) atoms. The second-order valence-electron chi connectivity index (χ2n) is 7.35. The Morgan fingerprint density at radius 2 is 1.59 bits per heavy atom. The van der Waals surface area contributed by atoms with Gasteiger partial charge in [0.25, 0.3) is 0 Å². The maximum Gasteiger partial charge on any atom is 0.167 e. The van der Waals surface area contributed by atoms with Crippen LogP contribution in [0.5, 0.6) is 0 Å². The molecule has 0 saturated heterocycles. The lowest BCUT2D eigenvalue weighted by Crippen LogP contribution is -2.39. The summed E-state index contributed by atoms with van der Waals surface area (Å²) in [6.07, 6.45) is 4.78. The van der Waals surface area contributed by atoms with Crippen molar-refractivity contribution in [3.8, 4) is 0 Å². The lowest BCUT2D eigenvalue weighted by Gasteiger charge is -2.40. The van der Waals surface area contributed by atoms with E-state index in [4.69, 9.17) is 9.53 Å². The van der Waals surface area contributed by atoms with Gasteiger partial charge >= 0.3 is 0 Å². The summed E-state index contributed by atoms with van der Waals surface area (Å²) in [5.74, 6) is 1.22. The molecule has 0 unspecified atom stereocenters. The zero-order chi connectivity index (χ0) is 13.1. The van der Waals surface area contributed by atoms with Crippen LogP contribution in [0.25, 0.3) is 0 Å². The van der Waals surface area contributed by atoms with Crippen LogP contribution in [0.15, 0.2) is 0 Å². The maximum atomic E-state index is 9.17. The Hall–Kier alpha value is 0.137. The molecule has 2 nitrogen and oxygen atoms in total. The number of rotatable bonds is 4. The monoisotopic (exact) mass is 258 g/mol. The lowest BCUT2D eigenvalue weighted by atomic mass is 9.75. The maximum absolute atomic E-state index is 9.17. The Morgan fingerprint density at radius 3 is 2.00 bits per heavy atom. The van der Waals surface area contributed by atoms with Crippen LogP contribution in [-0.2, 0) is 4.43 Å². The van der Waals surface area contributed by atoms with Crippen LogP contribution in [0.1, 0.15) is 60.3 Å². The van der Waals surface area contributed by atoms with E-state index in [0.717, 1.165) is 0 Å².